The molecule has 0 aromatic rings. The van der Waals surface area contributed by atoms with E-state index in [-0.39, 0.29) is 5.92 Å². The number of nitriles is 1. The molecule has 2 aliphatic rings. The summed E-state index contributed by atoms with van der Waals surface area (Å²) in [6, 6.07) is 3.73. The lowest BCUT2D eigenvalue weighted by atomic mass is 9.79. The van der Waals surface area contributed by atoms with E-state index in [1.165, 1.54) is 25.9 Å². The van der Waals surface area contributed by atoms with Gasteiger partial charge in [-0.3, -0.25) is 9.80 Å². The first-order valence-electron chi connectivity index (χ1n) is 7.49. The molecular weight excluding hydrogens is 222 g/mol. The summed E-state index contributed by atoms with van der Waals surface area (Å²) >= 11 is 0. The van der Waals surface area contributed by atoms with Gasteiger partial charge in [-0.05, 0) is 39.0 Å². The van der Waals surface area contributed by atoms with Crippen molar-refractivity contribution >= 4 is 0 Å². The molecule has 0 N–H and O–H groups in total. The summed E-state index contributed by atoms with van der Waals surface area (Å²) in [5.74, 6) is 1.06. The summed E-state index contributed by atoms with van der Waals surface area (Å²) in [6.45, 7) is 11.5. The molecule has 2 rings (SSSR count). The fourth-order valence-corrected chi connectivity index (χ4v) is 3.49. The van der Waals surface area contributed by atoms with E-state index in [9.17, 15) is 5.26 Å². The normalized spacial score (nSPS) is 35.6. The van der Waals surface area contributed by atoms with Crippen molar-refractivity contribution in [1.29, 1.82) is 5.26 Å². The molecule has 3 nitrogen and oxygen atoms in total. The molecule has 3 heteroatoms. The van der Waals surface area contributed by atoms with Gasteiger partial charge in [-0.2, -0.15) is 5.26 Å². The Labute approximate surface area is 112 Å². The predicted octanol–water partition coefficient (Wildman–Crippen LogP) is 2.34. The van der Waals surface area contributed by atoms with Crippen LogP contribution >= 0.6 is 0 Å². The van der Waals surface area contributed by atoms with Crippen LogP contribution in [0.4, 0.5) is 0 Å². The van der Waals surface area contributed by atoms with Crippen LogP contribution < -0.4 is 0 Å². The Morgan fingerprint density at radius 3 is 2.33 bits per heavy atom. The minimum atomic E-state index is 0.270. The number of nitrogens with zero attached hydrogens (tertiary/aromatic N) is 3. The summed E-state index contributed by atoms with van der Waals surface area (Å²) in [6.07, 6.45) is 3.56. The first-order chi connectivity index (χ1) is 8.61. The lowest BCUT2D eigenvalue weighted by molar-refractivity contribution is 0.0412. The van der Waals surface area contributed by atoms with Gasteiger partial charge in [0.2, 0.25) is 0 Å². The molecule has 1 aliphatic heterocycles. The largest absolute Gasteiger partial charge is 0.298 e. The van der Waals surface area contributed by atoms with Crippen molar-refractivity contribution in [3.63, 3.8) is 0 Å². The maximum absolute atomic E-state index is 9.33. The lowest BCUT2D eigenvalue weighted by Crippen LogP contribution is -2.54. The predicted molar refractivity (Wildman–Crippen MR) is 74.2 cm³/mol. The maximum Gasteiger partial charge on any atom is 0.0672 e. The van der Waals surface area contributed by atoms with E-state index in [0.717, 1.165) is 25.4 Å². The third-order valence-electron chi connectivity index (χ3n) is 4.79. The summed E-state index contributed by atoms with van der Waals surface area (Å²) in [5, 5.41) is 9.33. The van der Waals surface area contributed by atoms with E-state index in [2.05, 4.69) is 36.6 Å². The third kappa shape index (κ3) is 3.05. The summed E-state index contributed by atoms with van der Waals surface area (Å²) < 4.78 is 0. The molecule has 1 heterocycles. The minimum absolute atomic E-state index is 0.270. The average molecular weight is 249 g/mol. The van der Waals surface area contributed by atoms with E-state index in [0.29, 0.717) is 12.1 Å². The monoisotopic (exact) mass is 249 g/mol. The quantitative estimate of drug-likeness (QED) is 0.752. The van der Waals surface area contributed by atoms with Crippen LogP contribution in [0.3, 0.4) is 0 Å². The van der Waals surface area contributed by atoms with Crippen LogP contribution in [0.2, 0.25) is 0 Å². The molecule has 0 bridgehead atoms. The van der Waals surface area contributed by atoms with Crippen molar-refractivity contribution in [2.24, 2.45) is 11.8 Å². The smallest absolute Gasteiger partial charge is 0.0672 e. The molecule has 18 heavy (non-hydrogen) atoms. The standard InChI is InChI=1S/C15H27N3/c1-12(2)17-6-8-18(9-7-17)15-10-13(3)4-5-14(15)11-16/h12-15H,4-10H2,1-3H3. The molecule has 0 spiro atoms. The first kappa shape index (κ1) is 13.8. The van der Waals surface area contributed by atoms with Crippen LogP contribution in [0.15, 0.2) is 0 Å². The zero-order valence-electron chi connectivity index (χ0n) is 12.1. The molecule has 1 aliphatic carbocycles. The molecule has 2 fully saturated rings. The molecule has 0 aromatic heterocycles. The summed E-state index contributed by atoms with van der Waals surface area (Å²) in [4.78, 5) is 5.13. The van der Waals surface area contributed by atoms with Gasteiger partial charge in [0, 0.05) is 38.3 Å². The molecule has 0 aromatic carbocycles. The molecular formula is C15H27N3. The van der Waals surface area contributed by atoms with E-state index in [4.69, 9.17) is 0 Å². The van der Waals surface area contributed by atoms with Gasteiger partial charge < -0.3 is 0 Å². The van der Waals surface area contributed by atoms with Gasteiger partial charge in [-0.1, -0.05) is 6.92 Å². The van der Waals surface area contributed by atoms with Gasteiger partial charge >= 0.3 is 0 Å². The fraction of sp³-hybridized carbons (Fsp3) is 0.933. The number of hydrogen-bond donors (Lipinski definition) is 0. The number of hydrogen-bond acceptors (Lipinski definition) is 3. The Hall–Kier alpha value is -0.590. The Balaban J connectivity index is 1.93. The SMILES string of the molecule is CC1CCC(C#N)C(N2CCN(C(C)C)CC2)C1. The number of piperazine rings is 1. The highest BCUT2D eigenvalue weighted by Gasteiger charge is 2.34. The Morgan fingerprint density at radius 2 is 1.78 bits per heavy atom. The molecule has 102 valence electrons. The minimum Gasteiger partial charge on any atom is -0.298 e. The topological polar surface area (TPSA) is 30.3 Å². The van der Waals surface area contributed by atoms with Gasteiger partial charge in [0.25, 0.3) is 0 Å². The second-order valence-corrected chi connectivity index (χ2v) is 6.39. The Bertz CT molecular complexity index is 299. The zero-order chi connectivity index (χ0) is 13.1. The molecule has 1 saturated carbocycles. The average Bonchev–Trinajstić information content (AvgIpc) is 2.39. The zero-order valence-corrected chi connectivity index (χ0v) is 12.1. The van der Waals surface area contributed by atoms with Crippen LogP contribution in [-0.2, 0) is 0 Å². The molecule has 0 radical (unpaired) electrons. The fourth-order valence-electron chi connectivity index (χ4n) is 3.49. The van der Waals surface area contributed by atoms with Crippen molar-refractivity contribution in [2.45, 2.75) is 52.1 Å². The molecule has 3 unspecified atom stereocenters. The van der Waals surface area contributed by atoms with Gasteiger partial charge in [-0.15, -0.1) is 0 Å². The third-order valence-corrected chi connectivity index (χ3v) is 4.79. The highest BCUT2D eigenvalue weighted by Crippen LogP contribution is 2.32. The Kier molecular flexibility index (Phi) is 4.64. The van der Waals surface area contributed by atoms with Crippen molar-refractivity contribution in [1.82, 2.24) is 9.80 Å². The van der Waals surface area contributed by atoms with E-state index in [1.54, 1.807) is 0 Å². The van der Waals surface area contributed by atoms with E-state index < -0.39 is 0 Å². The van der Waals surface area contributed by atoms with Gasteiger partial charge in [0.15, 0.2) is 0 Å². The molecule has 1 saturated heterocycles. The van der Waals surface area contributed by atoms with Crippen LogP contribution in [0.5, 0.6) is 0 Å². The van der Waals surface area contributed by atoms with Crippen molar-refractivity contribution < 1.29 is 0 Å². The summed E-state index contributed by atoms with van der Waals surface area (Å²) in [5.41, 5.74) is 0. The van der Waals surface area contributed by atoms with Crippen LogP contribution in [0.25, 0.3) is 0 Å². The highest BCUT2D eigenvalue weighted by atomic mass is 15.3. The molecule has 3 atom stereocenters. The lowest BCUT2D eigenvalue weighted by Gasteiger charge is -2.44. The van der Waals surface area contributed by atoms with E-state index in [1.807, 2.05) is 0 Å². The Morgan fingerprint density at radius 1 is 1.11 bits per heavy atom. The van der Waals surface area contributed by atoms with Gasteiger partial charge in [-0.25, -0.2) is 0 Å². The van der Waals surface area contributed by atoms with E-state index >= 15 is 0 Å². The highest BCUT2D eigenvalue weighted by molar-refractivity contribution is 4.98. The second kappa shape index (κ2) is 6.04. The second-order valence-electron chi connectivity index (χ2n) is 6.39. The maximum atomic E-state index is 9.33. The van der Waals surface area contributed by atoms with Crippen LogP contribution in [0, 0.1) is 23.2 Å². The first-order valence-corrected chi connectivity index (χ1v) is 7.49. The van der Waals surface area contributed by atoms with Crippen molar-refractivity contribution in [3.8, 4) is 6.07 Å². The number of rotatable bonds is 2. The van der Waals surface area contributed by atoms with Crippen molar-refractivity contribution in [2.75, 3.05) is 26.2 Å². The van der Waals surface area contributed by atoms with Gasteiger partial charge in [0.05, 0.1) is 12.0 Å². The van der Waals surface area contributed by atoms with Gasteiger partial charge in [0.1, 0.15) is 0 Å². The summed E-state index contributed by atoms with van der Waals surface area (Å²) in [7, 11) is 0. The van der Waals surface area contributed by atoms with Crippen LogP contribution in [-0.4, -0.2) is 48.1 Å². The van der Waals surface area contributed by atoms with Crippen molar-refractivity contribution in [3.05, 3.63) is 0 Å². The molecule has 0 amide bonds. The van der Waals surface area contributed by atoms with Crippen LogP contribution in [0.1, 0.15) is 40.0 Å².